The van der Waals surface area contributed by atoms with Crippen molar-refractivity contribution in [1.29, 1.82) is 0 Å². The van der Waals surface area contributed by atoms with Crippen molar-refractivity contribution in [1.82, 2.24) is 39.5 Å². The van der Waals surface area contributed by atoms with E-state index in [0.717, 1.165) is 36.8 Å². The van der Waals surface area contributed by atoms with Crippen molar-refractivity contribution in [2.24, 2.45) is 17.8 Å². The van der Waals surface area contributed by atoms with Gasteiger partial charge in [-0.1, -0.05) is 23.2 Å². The van der Waals surface area contributed by atoms with Crippen molar-refractivity contribution in [3.8, 4) is 23.5 Å². The monoisotopic (exact) mass is 803 g/mol. The maximum atomic E-state index is 13.5. The number of aromatic nitrogens is 8. The van der Waals surface area contributed by atoms with E-state index in [9.17, 15) is 8.78 Å². The number of hydrogen-bond acceptors (Lipinski definition) is 9. The average molecular weight is 806 g/mol. The van der Waals surface area contributed by atoms with Gasteiger partial charge in [0.05, 0.1) is 22.1 Å². The summed E-state index contributed by atoms with van der Waals surface area (Å²) in [6, 6.07) is 11.4. The van der Waals surface area contributed by atoms with Crippen LogP contribution in [0.3, 0.4) is 0 Å². The highest BCUT2D eigenvalue weighted by Gasteiger charge is 2.43. The smallest absolute Gasteiger partial charge is 0.321 e. The van der Waals surface area contributed by atoms with Crippen LogP contribution in [0, 0.1) is 36.3 Å². The van der Waals surface area contributed by atoms with E-state index in [0.29, 0.717) is 46.0 Å². The van der Waals surface area contributed by atoms with Gasteiger partial charge < -0.3 is 14.4 Å². The maximum absolute atomic E-state index is 13.5. The van der Waals surface area contributed by atoms with Crippen molar-refractivity contribution in [3.63, 3.8) is 0 Å². The topological polar surface area (TPSA) is 109 Å². The molecule has 4 heterocycles. The number of rotatable bonds is 9. The van der Waals surface area contributed by atoms with Crippen LogP contribution in [0.1, 0.15) is 64.1 Å². The summed E-state index contributed by atoms with van der Waals surface area (Å²) in [5.41, 5.74) is 0.993. The summed E-state index contributed by atoms with van der Waals surface area (Å²) in [5, 5.41) is 8.92. The molecule has 2 aliphatic rings. The molecule has 1 saturated carbocycles. The molecule has 0 radical (unpaired) electrons. The van der Waals surface area contributed by atoms with Crippen LogP contribution in [0.25, 0.3) is 0 Å². The zero-order chi connectivity index (χ0) is 36.4. The first-order chi connectivity index (χ1) is 24.3. The molecule has 2 bridgehead atoms. The van der Waals surface area contributed by atoms with Gasteiger partial charge in [0.1, 0.15) is 35.3 Å². The standard InChI is InChI=1S/C24H28ClFN6O.C11H10BrClFN3O/c1-14(2)32-24(33-18-6-7-21(26)20(25)9-18)29-22(30-32)10-19-16-4-5-17(19)12-31(11-16)23-8-15(3)27-13-28-23;1-6(2)17-11(15-10(12)16-17)18-7-3-4-9(14)8(13)5-7/h6-9,13-14,16-17,19H,4-5,10-12H2,1-3H3;3-6H,1-2H3/t16-,17+,19?;. The Balaban J connectivity index is 0.000000211. The predicted molar refractivity (Wildman–Crippen MR) is 194 cm³/mol. The first-order valence-electron chi connectivity index (χ1n) is 16.7. The molecule has 7 rings (SSSR count). The molecule has 5 aromatic rings. The zero-order valence-corrected chi connectivity index (χ0v) is 31.9. The second kappa shape index (κ2) is 15.8. The Morgan fingerprint density at radius 2 is 1.35 bits per heavy atom. The van der Waals surface area contributed by atoms with E-state index >= 15 is 0 Å². The fraction of sp³-hybridized carbons (Fsp3) is 0.429. The molecule has 3 aromatic heterocycles. The van der Waals surface area contributed by atoms with E-state index < -0.39 is 11.6 Å². The Hall–Kier alpha value is -3.88. The van der Waals surface area contributed by atoms with Gasteiger partial charge in [-0.25, -0.2) is 28.1 Å². The fourth-order valence-electron chi connectivity index (χ4n) is 6.51. The third-order valence-electron chi connectivity index (χ3n) is 8.96. The molecular weight excluding hydrogens is 767 g/mol. The van der Waals surface area contributed by atoms with Gasteiger partial charge >= 0.3 is 12.0 Å². The highest BCUT2D eigenvalue weighted by molar-refractivity contribution is 9.10. The average Bonchev–Trinajstić information content (AvgIpc) is 3.72. The van der Waals surface area contributed by atoms with Crippen molar-refractivity contribution in [2.45, 2.75) is 66.0 Å². The van der Waals surface area contributed by atoms with Gasteiger partial charge in [-0.15, -0.1) is 5.10 Å². The molecule has 2 fully saturated rings. The molecule has 51 heavy (non-hydrogen) atoms. The number of anilines is 1. The Bertz CT molecular complexity index is 1980. The quantitative estimate of drug-likeness (QED) is 0.144. The second-order valence-corrected chi connectivity index (χ2v) is 14.8. The Morgan fingerprint density at radius 3 is 1.88 bits per heavy atom. The molecular formula is C35H38BrCl2F2N9O2. The van der Waals surface area contributed by atoms with Crippen molar-refractivity contribution in [2.75, 3.05) is 18.0 Å². The molecule has 270 valence electrons. The number of hydrogen-bond donors (Lipinski definition) is 0. The van der Waals surface area contributed by atoms with Crippen LogP contribution in [0.15, 0.2) is 53.5 Å². The van der Waals surface area contributed by atoms with E-state index in [4.69, 9.17) is 42.8 Å². The van der Waals surface area contributed by atoms with Gasteiger partial charge in [-0.2, -0.15) is 15.1 Å². The lowest BCUT2D eigenvalue weighted by molar-refractivity contribution is 0.264. The molecule has 1 saturated heterocycles. The number of ether oxygens (including phenoxy) is 2. The first-order valence-corrected chi connectivity index (χ1v) is 18.3. The zero-order valence-electron chi connectivity index (χ0n) is 28.8. The fourth-order valence-corrected chi connectivity index (χ4v) is 7.17. The summed E-state index contributed by atoms with van der Waals surface area (Å²) in [5.74, 6) is 3.41. The van der Waals surface area contributed by atoms with Crippen LogP contribution >= 0.6 is 39.1 Å². The van der Waals surface area contributed by atoms with E-state index in [1.807, 2.05) is 34.6 Å². The van der Waals surface area contributed by atoms with Gasteiger partial charge in [0, 0.05) is 43.4 Å². The largest absolute Gasteiger partial charge is 0.424 e. The molecule has 16 heteroatoms. The van der Waals surface area contributed by atoms with E-state index in [1.165, 1.54) is 43.2 Å². The SMILES string of the molecule is CC(C)n1nc(Br)nc1Oc1ccc(F)c(Cl)c1.Cc1cc(N2C[C@H]3CC[C@@H](C2)C3Cc2nc(Oc3ccc(F)c(Cl)c3)n(C(C)C)n2)ncn1. The molecule has 11 nitrogen and oxygen atoms in total. The maximum Gasteiger partial charge on any atom is 0.321 e. The summed E-state index contributed by atoms with van der Waals surface area (Å²) in [6.07, 6.45) is 4.92. The van der Waals surface area contributed by atoms with Gasteiger partial charge in [-0.3, -0.25) is 0 Å². The highest BCUT2D eigenvalue weighted by Crippen LogP contribution is 2.44. The lowest BCUT2D eigenvalue weighted by Gasteiger charge is -2.38. The molecule has 1 unspecified atom stereocenters. The van der Waals surface area contributed by atoms with Crippen LogP contribution in [-0.2, 0) is 6.42 Å². The minimum atomic E-state index is -0.490. The predicted octanol–water partition coefficient (Wildman–Crippen LogP) is 9.45. The van der Waals surface area contributed by atoms with Gasteiger partial charge in [0.25, 0.3) is 0 Å². The molecule has 2 aromatic carbocycles. The van der Waals surface area contributed by atoms with Gasteiger partial charge in [0.2, 0.25) is 4.73 Å². The van der Waals surface area contributed by atoms with Crippen LogP contribution in [0.2, 0.25) is 10.0 Å². The summed E-state index contributed by atoms with van der Waals surface area (Å²) in [6.45, 7) is 12.0. The number of nitrogens with zero attached hydrogens (tertiary/aromatic N) is 9. The van der Waals surface area contributed by atoms with Gasteiger partial charge in [-0.05, 0) is 105 Å². The molecule has 0 amide bonds. The Labute approximate surface area is 313 Å². The molecule has 0 spiro atoms. The normalized spacial score (nSPS) is 18.3. The Kier molecular flexibility index (Phi) is 11.4. The lowest BCUT2D eigenvalue weighted by Crippen LogP contribution is -2.43. The van der Waals surface area contributed by atoms with E-state index in [-0.39, 0.29) is 22.1 Å². The van der Waals surface area contributed by atoms with Crippen LogP contribution in [0.4, 0.5) is 14.6 Å². The highest BCUT2D eigenvalue weighted by atomic mass is 79.9. The molecule has 1 aliphatic heterocycles. The first kappa shape index (κ1) is 36.9. The number of benzene rings is 2. The summed E-state index contributed by atoms with van der Waals surface area (Å²) >= 11 is 14.8. The third-order valence-corrected chi connectivity index (χ3v) is 9.87. The Morgan fingerprint density at radius 1 is 0.804 bits per heavy atom. The van der Waals surface area contributed by atoms with Crippen molar-refractivity contribution >= 4 is 44.9 Å². The molecule has 1 aliphatic carbocycles. The van der Waals surface area contributed by atoms with Crippen LogP contribution in [-0.4, -0.2) is 52.6 Å². The minimum absolute atomic E-state index is 0.00202. The lowest BCUT2D eigenvalue weighted by atomic mass is 9.82. The van der Waals surface area contributed by atoms with Crippen molar-refractivity contribution < 1.29 is 18.3 Å². The van der Waals surface area contributed by atoms with Crippen molar-refractivity contribution in [3.05, 3.63) is 86.7 Å². The second-order valence-electron chi connectivity index (χ2n) is 13.3. The van der Waals surface area contributed by atoms with E-state index in [1.54, 1.807) is 21.8 Å². The molecule has 0 N–H and O–H groups in total. The third kappa shape index (κ3) is 8.78. The van der Waals surface area contributed by atoms with Gasteiger partial charge in [0.15, 0.2) is 5.82 Å². The number of aryl methyl sites for hydroxylation is 1. The summed E-state index contributed by atoms with van der Waals surface area (Å²) in [4.78, 5) is 19.9. The molecule has 3 atom stereocenters. The number of halogens is 5. The van der Waals surface area contributed by atoms with Crippen LogP contribution < -0.4 is 14.4 Å². The minimum Gasteiger partial charge on any atom is -0.424 e. The number of piperidine rings is 1. The van der Waals surface area contributed by atoms with E-state index in [2.05, 4.69) is 46.9 Å². The summed E-state index contributed by atoms with van der Waals surface area (Å²) < 4.78 is 41.8. The van der Waals surface area contributed by atoms with Crippen LogP contribution in [0.5, 0.6) is 23.5 Å². The summed E-state index contributed by atoms with van der Waals surface area (Å²) in [7, 11) is 0. The number of fused-ring (bicyclic) bond motifs is 2.